The minimum atomic E-state index is -1.22. The zero-order valence-electron chi connectivity index (χ0n) is 36.6. The quantitative estimate of drug-likeness (QED) is 0.0461. The summed E-state index contributed by atoms with van der Waals surface area (Å²) in [4.78, 5) is 53.4. The van der Waals surface area contributed by atoms with Gasteiger partial charge < -0.3 is 70.2 Å². The molecule has 61 heavy (non-hydrogen) atoms. The Morgan fingerprint density at radius 1 is 0.639 bits per heavy atom. The number of ketones is 1. The Kier molecular flexibility index (Phi) is 24.7. The largest absolute Gasteiger partial charge is 0.394 e. The normalized spacial score (nSPS) is 30.9. The van der Waals surface area contributed by atoms with Crippen LogP contribution in [-0.4, -0.2) is 172 Å². The predicted octanol–water partition coefficient (Wildman–Crippen LogP) is 0.421. The Bertz CT molecular complexity index is 1290. The molecule has 3 amide bonds. The molecule has 0 aromatic carbocycles. The molecule has 3 aliphatic rings. The van der Waals surface area contributed by atoms with Gasteiger partial charge in [0.2, 0.25) is 17.7 Å². The molecule has 0 saturated carbocycles. The lowest BCUT2D eigenvalue weighted by molar-refractivity contribution is -0.282. The van der Waals surface area contributed by atoms with E-state index in [0.717, 1.165) is 19.3 Å². The first-order valence-corrected chi connectivity index (χ1v) is 22.7. The van der Waals surface area contributed by atoms with Crippen LogP contribution in [0, 0.1) is 17.8 Å². The average molecular weight is 876 g/mol. The Morgan fingerprint density at radius 3 is 1.70 bits per heavy atom. The summed E-state index contributed by atoms with van der Waals surface area (Å²) in [6, 6.07) is -0.787. The number of unbranched alkanes of at least 4 members (excludes halogenated alkanes) is 6. The van der Waals surface area contributed by atoms with Gasteiger partial charge in [-0.2, -0.15) is 0 Å². The number of amides is 3. The lowest BCUT2D eigenvalue weighted by atomic mass is 9.92. The van der Waals surface area contributed by atoms with Crippen LogP contribution >= 0.6 is 0 Å². The highest BCUT2D eigenvalue weighted by molar-refractivity contribution is 5.89. The smallest absolute Gasteiger partial charge is 0.222 e. The molecule has 354 valence electrons. The second kappa shape index (κ2) is 28.4. The summed E-state index contributed by atoms with van der Waals surface area (Å²) in [5, 5.41) is 74.8. The molecule has 0 bridgehead atoms. The Labute approximate surface area is 361 Å². The molecule has 3 aliphatic heterocycles. The molecule has 0 spiro atoms. The molecule has 10 unspecified atom stereocenters. The number of hydrogen-bond acceptors (Lipinski definition) is 15. The van der Waals surface area contributed by atoms with Gasteiger partial charge in [0, 0.05) is 63.8 Å². The second-order valence-electron chi connectivity index (χ2n) is 17.4. The van der Waals surface area contributed by atoms with Crippen molar-refractivity contribution in [2.24, 2.45) is 17.8 Å². The van der Waals surface area contributed by atoms with Crippen molar-refractivity contribution >= 4 is 23.5 Å². The summed E-state index contributed by atoms with van der Waals surface area (Å²) in [5.41, 5.74) is 0. The van der Waals surface area contributed by atoms with Crippen LogP contribution in [0.2, 0.25) is 0 Å². The average Bonchev–Trinajstić information content (AvgIpc) is 3.64. The number of nitrogens with one attached hydrogen (secondary N) is 2. The number of Topliss-reactive ketones (excluding diaryl/α,β-unsaturated/α-hetero) is 1. The number of aliphatic hydroxyl groups is 7. The fourth-order valence-corrected chi connectivity index (χ4v) is 8.24. The van der Waals surface area contributed by atoms with Crippen molar-refractivity contribution in [2.45, 2.75) is 185 Å². The monoisotopic (exact) mass is 876 g/mol. The van der Waals surface area contributed by atoms with Crippen molar-refractivity contribution in [3.05, 3.63) is 0 Å². The highest BCUT2D eigenvalue weighted by atomic mass is 16.7. The first kappa shape index (κ1) is 53.0. The molecule has 9 N–H and O–H groups in total. The van der Waals surface area contributed by atoms with Crippen molar-refractivity contribution in [2.75, 3.05) is 46.1 Å². The van der Waals surface area contributed by atoms with E-state index in [1.165, 1.54) is 0 Å². The zero-order chi connectivity index (χ0) is 44.9. The van der Waals surface area contributed by atoms with Crippen LogP contribution in [0.25, 0.3) is 0 Å². The number of hydrogen-bond donors (Lipinski definition) is 9. The fraction of sp³-hybridized carbons (Fsp3) is 0.907. The molecule has 0 aliphatic carbocycles. The third kappa shape index (κ3) is 17.6. The minimum Gasteiger partial charge on any atom is -0.394 e. The maximum atomic E-state index is 13.4. The summed E-state index contributed by atoms with van der Waals surface area (Å²) >= 11 is 0. The van der Waals surface area contributed by atoms with Crippen molar-refractivity contribution in [3.63, 3.8) is 0 Å². The number of carbonyl (C=O) groups is 4. The topological polar surface area (TPSA) is 274 Å². The van der Waals surface area contributed by atoms with Gasteiger partial charge in [0.1, 0.15) is 24.4 Å². The van der Waals surface area contributed by atoms with Gasteiger partial charge in [-0.3, -0.25) is 19.2 Å². The zero-order valence-corrected chi connectivity index (χ0v) is 36.6. The fourth-order valence-electron chi connectivity index (χ4n) is 8.24. The van der Waals surface area contributed by atoms with Gasteiger partial charge in [0.05, 0.1) is 44.1 Å². The number of carbonyl (C=O) groups excluding carboxylic acids is 4. The maximum absolute atomic E-state index is 13.4. The third-order valence-electron chi connectivity index (χ3n) is 12.2. The SMILES string of the molecule is CC1C(OCCCCC(=O)NCCCC[C@H](NC(=O)CCCCOC2OC(CO)C(O)C(O)C2C)C(=O)CCCCCCC(=O)N2C[C@H](C)C[C@H]2CO)OC(CO)C(O)C1O. The van der Waals surface area contributed by atoms with E-state index >= 15 is 0 Å². The molecule has 0 aromatic heterocycles. The number of likely N-dealkylation sites (tertiary alicyclic amines) is 1. The molecule has 0 radical (unpaired) electrons. The van der Waals surface area contributed by atoms with Crippen molar-refractivity contribution < 1.29 is 73.9 Å². The van der Waals surface area contributed by atoms with E-state index in [-0.39, 0.29) is 68.6 Å². The van der Waals surface area contributed by atoms with Gasteiger partial charge >= 0.3 is 0 Å². The van der Waals surface area contributed by atoms with E-state index < -0.39 is 80.3 Å². The summed E-state index contributed by atoms with van der Waals surface area (Å²) in [6.07, 6.45) is 0.452. The first-order valence-electron chi connectivity index (χ1n) is 22.7. The number of ether oxygens (including phenoxy) is 4. The lowest BCUT2D eigenvalue weighted by Crippen LogP contribution is -2.55. The molecule has 3 rings (SSSR count). The Balaban J connectivity index is 1.36. The van der Waals surface area contributed by atoms with Gasteiger partial charge in [0.25, 0.3) is 0 Å². The van der Waals surface area contributed by atoms with Crippen LogP contribution in [0.5, 0.6) is 0 Å². The molecule has 3 fully saturated rings. The van der Waals surface area contributed by atoms with E-state index in [9.17, 15) is 54.9 Å². The minimum absolute atomic E-state index is 0.0253. The van der Waals surface area contributed by atoms with Crippen LogP contribution in [-0.2, 0) is 38.1 Å². The van der Waals surface area contributed by atoms with Gasteiger partial charge in [-0.25, -0.2) is 0 Å². The maximum Gasteiger partial charge on any atom is 0.222 e. The lowest BCUT2D eigenvalue weighted by Gasteiger charge is -2.40. The highest BCUT2D eigenvalue weighted by Gasteiger charge is 2.43. The van der Waals surface area contributed by atoms with Crippen LogP contribution in [0.15, 0.2) is 0 Å². The van der Waals surface area contributed by atoms with Crippen LogP contribution in [0.4, 0.5) is 0 Å². The molecule has 3 saturated heterocycles. The Morgan fingerprint density at radius 2 is 1.16 bits per heavy atom. The van der Waals surface area contributed by atoms with Gasteiger partial charge in [-0.1, -0.05) is 33.6 Å². The Hall–Kier alpha value is -2.36. The van der Waals surface area contributed by atoms with Crippen molar-refractivity contribution in [1.29, 1.82) is 0 Å². The van der Waals surface area contributed by atoms with Crippen molar-refractivity contribution in [3.8, 4) is 0 Å². The van der Waals surface area contributed by atoms with Crippen molar-refractivity contribution in [1.82, 2.24) is 15.5 Å². The van der Waals surface area contributed by atoms with Gasteiger partial charge in [-0.05, 0) is 70.1 Å². The highest BCUT2D eigenvalue weighted by Crippen LogP contribution is 2.28. The third-order valence-corrected chi connectivity index (χ3v) is 12.2. The summed E-state index contributed by atoms with van der Waals surface area (Å²) in [6.45, 7) is 6.10. The molecular formula is C43H77N3O15. The summed E-state index contributed by atoms with van der Waals surface area (Å²) < 4.78 is 22.6. The second-order valence-corrected chi connectivity index (χ2v) is 17.4. The van der Waals surface area contributed by atoms with E-state index in [0.29, 0.717) is 83.2 Å². The standard InChI is InChI=1S/C43H77N3O15/c1-27-22-30(24-47)46(23-27)37(53)18-7-5-4-6-15-32(50)31(45-36(52)17-10-13-21-59-43-29(3)39(55)41(57)34(26-49)61-43)14-8-11-19-44-35(51)16-9-12-20-58-42-28(2)38(54)40(56)33(25-48)60-42/h27-31,33-34,38-43,47-49,54-57H,4-26H2,1-3H3,(H,44,51)(H,45,52)/t27-,28?,29?,30+,31+,33?,34?,38?,39?,40?,41?,42?,43?/m1/s1. The van der Waals surface area contributed by atoms with Crippen LogP contribution in [0.3, 0.4) is 0 Å². The van der Waals surface area contributed by atoms with Crippen LogP contribution in [0.1, 0.15) is 124 Å². The van der Waals surface area contributed by atoms with E-state index in [1.807, 2.05) is 0 Å². The first-order chi connectivity index (χ1) is 29.2. The number of aliphatic hydroxyl groups excluding tert-OH is 7. The molecule has 18 nitrogen and oxygen atoms in total. The molecular weight excluding hydrogens is 798 g/mol. The molecule has 13 atom stereocenters. The van der Waals surface area contributed by atoms with E-state index in [4.69, 9.17) is 18.9 Å². The number of rotatable bonds is 29. The van der Waals surface area contributed by atoms with E-state index in [1.54, 1.807) is 18.7 Å². The molecule has 3 heterocycles. The molecule has 18 heteroatoms. The van der Waals surface area contributed by atoms with Crippen LogP contribution < -0.4 is 10.6 Å². The van der Waals surface area contributed by atoms with Gasteiger partial charge in [0.15, 0.2) is 18.4 Å². The van der Waals surface area contributed by atoms with Gasteiger partial charge in [-0.15, -0.1) is 0 Å². The van der Waals surface area contributed by atoms with E-state index in [2.05, 4.69) is 17.6 Å². The summed E-state index contributed by atoms with van der Waals surface area (Å²) in [5.74, 6) is -1.03. The predicted molar refractivity (Wildman–Crippen MR) is 221 cm³/mol. The summed E-state index contributed by atoms with van der Waals surface area (Å²) in [7, 11) is 0. The molecule has 0 aromatic rings. The number of nitrogens with zero attached hydrogens (tertiary/aromatic N) is 1.